The Balaban J connectivity index is 1.57. The number of hydrogen-bond acceptors (Lipinski definition) is 3. The first kappa shape index (κ1) is 21.4. The topological polar surface area (TPSA) is 61.4 Å². The highest BCUT2D eigenvalue weighted by Crippen LogP contribution is 2.31. The third kappa shape index (κ3) is 5.09. The van der Waals surface area contributed by atoms with Crippen LogP contribution in [0.2, 0.25) is 0 Å². The SMILES string of the molecule is CC1CCN(c2ccc(NC(=O)C3CCC3)cc2C(=O)N[C@@H](C)c2ccccc2)CC1. The van der Waals surface area contributed by atoms with Crippen LogP contribution in [-0.2, 0) is 4.79 Å². The molecule has 2 aromatic rings. The van der Waals surface area contributed by atoms with Gasteiger partial charge in [-0.1, -0.05) is 43.7 Å². The van der Waals surface area contributed by atoms with Gasteiger partial charge >= 0.3 is 0 Å². The second-order valence-corrected chi connectivity index (χ2v) is 9.12. The first-order valence-corrected chi connectivity index (χ1v) is 11.6. The number of amides is 2. The summed E-state index contributed by atoms with van der Waals surface area (Å²) in [6.07, 6.45) is 5.29. The van der Waals surface area contributed by atoms with Gasteiger partial charge in [0.1, 0.15) is 0 Å². The van der Waals surface area contributed by atoms with Crippen LogP contribution in [0.25, 0.3) is 0 Å². The van der Waals surface area contributed by atoms with E-state index in [0.717, 1.165) is 56.4 Å². The van der Waals surface area contributed by atoms with Crippen LogP contribution < -0.4 is 15.5 Å². The smallest absolute Gasteiger partial charge is 0.253 e. The molecule has 2 fully saturated rings. The van der Waals surface area contributed by atoms with E-state index in [-0.39, 0.29) is 23.8 Å². The second-order valence-electron chi connectivity index (χ2n) is 9.12. The van der Waals surface area contributed by atoms with Crippen LogP contribution in [0.5, 0.6) is 0 Å². The zero-order valence-electron chi connectivity index (χ0n) is 18.6. The van der Waals surface area contributed by atoms with Crippen LogP contribution in [0, 0.1) is 11.8 Å². The van der Waals surface area contributed by atoms with Crippen LogP contribution in [0.4, 0.5) is 11.4 Å². The third-order valence-corrected chi connectivity index (χ3v) is 6.76. The molecule has 5 nitrogen and oxygen atoms in total. The van der Waals surface area contributed by atoms with Crippen molar-refractivity contribution in [3.05, 3.63) is 59.7 Å². The number of nitrogens with zero attached hydrogens (tertiary/aromatic N) is 1. The lowest BCUT2D eigenvalue weighted by molar-refractivity contribution is -0.122. The maximum absolute atomic E-state index is 13.3. The first-order chi connectivity index (χ1) is 15.0. The molecule has 1 aliphatic carbocycles. The fourth-order valence-corrected chi connectivity index (χ4v) is 4.34. The standard InChI is InChI=1S/C26H33N3O2/c1-18-13-15-29(16-14-18)24-12-11-22(28-25(30)21-9-6-10-21)17-23(24)26(31)27-19(2)20-7-4-3-5-8-20/h3-5,7-8,11-12,17-19,21H,6,9-10,13-16H2,1-2H3,(H,27,31)(H,28,30)/t19-/m0/s1. The van der Waals surface area contributed by atoms with E-state index in [0.29, 0.717) is 17.2 Å². The predicted octanol–water partition coefficient (Wildman–Crippen LogP) is 5.15. The summed E-state index contributed by atoms with van der Waals surface area (Å²) < 4.78 is 0. The van der Waals surface area contributed by atoms with Crippen molar-refractivity contribution in [1.82, 2.24) is 5.32 Å². The number of anilines is 2. The number of carbonyl (C=O) groups excluding carboxylic acids is 2. The summed E-state index contributed by atoms with van der Waals surface area (Å²) >= 11 is 0. The van der Waals surface area contributed by atoms with Crippen LogP contribution >= 0.6 is 0 Å². The fraction of sp³-hybridized carbons (Fsp3) is 0.462. The van der Waals surface area contributed by atoms with Crippen LogP contribution in [0.15, 0.2) is 48.5 Å². The van der Waals surface area contributed by atoms with Crippen molar-refractivity contribution in [1.29, 1.82) is 0 Å². The van der Waals surface area contributed by atoms with Crippen molar-refractivity contribution in [3.63, 3.8) is 0 Å². The number of benzene rings is 2. The Kier molecular flexibility index (Phi) is 6.59. The van der Waals surface area contributed by atoms with Crippen molar-refractivity contribution in [2.75, 3.05) is 23.3 Å². The Morgan fingerprint density at radius 2 is 1.71 bits per heavy atom. The van der Waals surface area contributed by atoms with Gasteiger partial charge in [-0.25, -0.2) is 0 Å². The van der Waals surface area contributed by atoms with Crippen molar-refractivity contribution in [2.24, 2.45) is 11.8 Å². The highest BCUT2D eigenvalue weighted by molar-refractivity contribution is 6.02. The van der Waals surface area contributed by atoms with E-state index < -0.39 is 0 Å². The highest BCUT2D eigenvalue weighted by Gasteiger charge is 2.26. The van der Waals surface area contributed by atoms with Crippen LogP contribution in [-0.4, -0.2) is 24.9 Å². The summed E-state index contributed by atoms with van der Waals surface area (Å²) in [7, 11) is 0. The molecule has 2 aromatic carbocycles. The van der Waals surface area contributed by atoms with E-state index in [4.69, 9.17) is 0 Å². The molecule has 0 spiro atoms. The zero-order valence-corrected chi connectivity index (χ0v) is 18.6. The van der Waals surface area contributed by atoms with Crippen molar-refractivity contribution < 1.29 is 9.59 Å². The Morgan fingerprint density at radius 3 is 2.35 bits per heavy atom. The van der Waals surface area contributed by atoms with Crippen molar-refractivity contribution in [2.45, 2.75) is 52.0 Å². The zero-order chi connectivity index (χ0) is 21.8. The van der Waals surface area contributed by atoms with E-state index in [1.807, 2.05) is 55.5 Å². The average Bonchev–Trinajstić information content (AvgIpc) is 2.73. The summed E-state index contributed by atoms with van der Waals surface area (Å²) in [5.41, 5.74) is 3.34. The van der Waals surface area contributed by atoms with Gasteiger partial charge in [0.15, 0.2) is 0 Å². The largest absolute Gasteiger partial charge is 0.371 e. The van der Waals surface area contributed by atoms with Gasteiger partial charge in [0, 0.05) is 30.4 Å². The van der Waals surface area contributed by atoms with E-state index in [1.165, 1.54) is 0 Å². The summed E-state index contributed by atoms with van der Waals surface area (Å²) in [4.78, 5) is 28.1. The van der Waals surface area contributed by atoms with Gasteiger partial charge in [-0.2, -0.15) is 0 Å². The van der Waals surface area contributed by atoms with Gasteiger partial charge in [0.2, 0.25) is 5.91 Å². The summed E-state index contributed by atoms with van der Waals surface area (Å²) in [5, 5.41) is 6.17. The molecule has 0 aromatic heterocycles. The lowest BCUT2D eigenvalue weighted by Crippen LogP contribution is -2.35. The maximum atomic E-state index is 13.3. The molecule has 164 valence electrons. The Labute approximate surface area is 185 Å². The van der Waals surface area contributed by atoms with Crippen molar-refractivity contribution in [3.8, 4) is 0 Å². The minimum absolute atomic E-state index is 0.0646. The van der Waals surface area contributed by atoms with Crippen LogP contribution in [0.1, 0.15) is 67.9 Å². The van der Waals surface area contributed by atoms with E-state index in [2.05, 4.69) is 22.5 Å². The molecular weight excluding hydrogens is 386 g/mol. The maximum Gasteiger partial charge on any atom is 0.253 e. The van der Waals surface area contributed by atoms with Gasteiger partial charge in [0.25, 0.3) is 5.91 Å². The van der Waals surface area contributed by atoms with E-state index in [9.17, 15) is 9.59 Å². The number of hydrogen-bond donors (Lipinski definition) is 2. The summed E-state index contributed by atoms with van der Waals surface area (Å²) in [6.45, 7) is 6.18. The molecular formula is C26H33N3O2. The molecule has 2 aliphatic rings. The number of carbonyl (C=O) groups is 2. The number of rotatable bonds is 6. The lowest BCUT2D eigenvalue weighted by Gasteiger charge is -2.33. The molecule has 1 aliphatic heterocycles. The van der Waals surface area contributed by atoms with Gasteiger partial charge in [0.05, 0.1) is 11.6 Å². The molecule has 1 saturated heterocycles. The van der Waals surface area contributed by atoms with Crippen LogP contribution in [0.3, 0.4) is 0 Å². The number of piperidine rings is 1. The van der Waals surface area contributed by atoms with Gasteiger partial charge in [-0.3, -0.25) is 9.59 Å². The molecule has 0 bridgehead atoms. The monoisotopic (exact) mass is 419 g/mol. The van der Waals surface area contributed by atoms with E-state index in [1.54, 1.807) is 0 Å². The molecule has 0 radical (unpaired) electrons. The fourth-order valence-electron chi connectivity index (χ4n) is 4.34. The molecule has 2 N–H and O–H groups in total. The minimum Gasteiger partial charge on any atom is -0.371 e. The quantitative estimate of drug-likeness (QED) is 0.680. The molecule has 2 amide bonds. The van der Waals surface area contributed by atoms with Crippen molar-refractivity contribution >= 4 is 23.2 Å². The van der Waals surface area contributed by atoms with Gasteiger partial charge in [-0.05, 0) is 62.3 Å². The average molecular weight is 420 g/mol. The molecule has 0 unspecified atom stereocenters. The summed E-state index contributed by atoms with van der Waals surface area (Å²) in [5.74, 6) is 0.783. The van der Waals surface area contributed by atoms with E-state index >= 15 is 0 Å². The Hall–Kier alpha value is -2.82. The molecule has 5 heteroatoms. The molecule has 4 rings (SSSR count). The first-order valence-electron chi connectivity index (χ1n) is 11.6. The highest BCUT2D eigenvalue weighted by atomic mass is 16.2. The Bertz CT molecular complexity index is 916. The normalized spacial score (nSPS) is 18.2. The summed E-state index contributed by atoms with van der Waals surface area (Å²) in [6, 6.07) is 15.6. The van der Waals surface area contributed by atoms with Gasteiger partial charge < -0.3 is 15.5 Å². The molecule has 1 atom stereocenters. The molecule has 1 heterocycles. The van der Waals surface area contributed by atoms with Gasteiger partial charge in [-0.15, -0.1) is 0 Å². The third-order valence-electron chi connectivity index (χ3n) is 6.76. The Morgan fingerprint density at radius 1 is 1.00 bits per heavy atom. The molecule has 31 heavy (non-hydrogen) atoms. The minimum atomic E-state index is -0.107. The second kappa shape index (κ2) is 9.54. The predicted molar refractivity (Wildman–Crippen MR) is 125 cm³/mol. The number of nitrogens with one attached hydrogen (secondary N) is 2. The lowest BCUT2D eigenvalue weighted by atomic mass is 9.85. The molecule has 1 saturated carbocycles.